The van der Waals surface area contributed by atoms with Crippen LogP contribution in [0.3, 0.4) is 0 Å². The van der Waals surface area contributed by atoms with Crippen LogP contribution in [0, 0.1) is 0 Å². The lowest BCUT2D eigenvalue weighted by molar-refractivity contribution is 0.134. The molecule has 0 amide bonds. The van der Waals surface area contributed by atoms with Gasteiger partial charge in [0.2, 0.25) is 0 Å². The number of rotatable bonds is 2. The molecule has 0 saturated carbocycles. The van der Waals surface area contributed by atoms with Crippen LogP contribution in [0.4, 0.5) is 0 Å². The summed E-state index contributed by atoms with van der Waals surface area (Å²) < 4.78 is 5.41. The lowest BCUT2D eigenvalue weighted by Crippen LogP contribution is -2.12. The summed E-state index contributed by atoms with van der Waals surface area (Å²) in [7, 11) is 0. The Bertz CT molecular complexity index is 582. The minimum Gasteiger partial charge on any atom is -0.372 e. The van der Waals surface area contributed by atoms with Crippen molar-refractivity contribution < 1.29 is 4.74 Å². The first-order chi connectivity index (χ1) is 8.75. The van der Waals surface area contributed by atoms with E-state index in [0.717, 1.165) is 11.1 Å². The standard InChI is InChI=1S/C15H14ClNO/c16-14-4-2-1-3-13(14)15(17)10-5-6-11-8-18-9-12(11)7-10/h1-7,15H,8-9,17H2. The van der Waals surface area contributed by atoms with Crippen molar-refractivity contribution in [3.8, 4) is 0 Å². The fourth-order valence-electron chi connectivity index (χ4n) is 2.29. The van der Waals surface area contributed by atoms with Gasteiger partial charge in [0.05, 0.1) is 19.3 Å². The molecule has 0 radical (unpaired) electrons. The molecule has 0 spiro atoms. The monoisotopic (exact) mass is 259 g/mol. The van der Waals surface area contributed by atoms with Crippen molar-refractivity contribution in [1.82, 2.24) is 0 Å². The third kappa shape index (κ3) is 2.03. The summed E-state index contributed by atoms with van der Waals surface area (Å²) >= 11 is 6.18. The highest BCUT2D eigenvalue weighted by Gasteiger charge is 2.16. The van der Waals surface area contributed by atoms with Crippen molar-refractivity contribution in [2.75, 3.05) is 0 Å². The second-order valence-corrected chi connectivity index (χ2v) is 4.93. The predicted molar refractivity (Wildman–Crippen MR) is 72.4 cm³/mol. The van der Waals surface area contributed by atoms with Gasteiger partial charge in [-0.1, -0.05) is 48.0 Å². The second-order valence-electron chi connectivity index (χ2n) is 4.52. The number of ether oxygens (including phenoxy) is 1. The molecule has 3 rings (SSSR count). The fourth-order valence-corrected chi connectivity index (χ4v) is 2.55. The van der Waals surface area contributed by atoms with Crippen LogP contribution in [0.25, 0.3) is 0 Å². The number of halogens is 1. The highest BCUT2D eigenvalue weighted by atomic mass is 35.5. The first-order valence-electron chi connectivity index (χ1n) is 5.95. The van der Waals surface area contributed by atoms with E-state index < -0.39 is 0 Å². The molecular formula is C15H14ClNO. The van der Waals surface area contributed by atoms with Crippen molar-refractivity contribution in [1.29, 1.82) is 0 Å². The van der Waals surface area contributed by atoms with Crippen LogP contribution in [0.5, 0.6) is 0 Å². The van der Waals surface area contributed by atoms with Crippen molar-refractivity contribution in [2.45, 2.75) is 19.3 Å². The van der Waals surface area contributed by atoms with Gasteiger partial charge >= 0.3 is 0 Å². The van der Waals surface area contributed by atoms with E-state index in [1.807, 2.05) is 24.3 Å². The van der Waals surface area contributed by atoms with Crippen molar-refractivity contribution in [3.05, 3.63) is 69.7 Å². The molecule has 1 unspecified atom stereocenters. The smallest absolute Gasteiger partial charge is 0.0725 e. The summed E-state index contributed by atoms with van der Waals surface area (Å²) in [4.78, 5) is 0. The number of benzene rings is 2. The van der Waals surface area contributed by atoms with E-state index in [1.165, 1.54) is 11.1 Å². The molecule has 0 aromatic heterocycles. The Morgan fingerprint density at radius 2 is 1.83 bits per heavy atom. The zero-order valence-electron chi connectivity index (χ0n) is 9.90. The number of hydrogen-bond acceptors (Lipinski definition) is 2. The highest BCUT2D eigenvalue weighted by Crippen LogP contribution is 2.29. The highest BCUT2D eigenvalue weighted by molar-refractivity contribution is 6.31. The van der Waals surface area contributed by atoms with Gasteiger partial charge in [0, 0.05) is 5.02 Å². The number of hydrogen-bond donors (Lipinski definition) is 1. The Morgan fingerprint density at radius 3 is 2.67 bits per heavy atom. The molecule has 1 aliphatic heterocycles. The average Bonchev–Trinajstić information content (AvgIpc) is 2.85. The summed E-state index contributed by atoms with van der Waals surface area (Å²) in [6, 6.07) is 13.8. The minimum absolute atomic E-state index is 0.190. The van der Waals surface area contributed by atoms with Crippen LogP contribution in [0.2, 0.25) is 5.02 Å². The Kier molecular flexibility index (Phi) is 3.08. The van der Waals surface area contributed by atoms with Gasteiger partial charge in [-0.25, -0.2) is 0 Å². The lowest BCUT2D eigenvalue weighted by Gasteiger charge is -2.15. The number of fused-ring (bicyclic) bond motifs is 1. The molecule has 2 N–H and O–H groups in total. The lowest BCUT2D eigenvalue weighted by atomic mass is 9.96. The molecule has 0 aliphatic carbocycles. The van der Waals surface area contributed by atoms with Gasteiger partial charge < -0.3 is 10.5 Å². The van der Waals surface area contributed by atoms with Crippen molar-refractivity contribution in [3.63, 3.8) is 0 Å². The Balaban J connectivity index is 1.98. The molecule has 1 heterocycles. The Labute approximate surface area is 111 Å². The van der Waals surface area contributed by atoms with E-state index in [0.29, 0.717) is 18.2 Å². The molecule has 3 heteroatoms. The maximum atomic E-state index is 6.29. The molecular weight excluding hydrogens is 246 g/mol. The average molecular weight is 260 g/mol. The molecule has 0 fully saturated rings. The second kappa shape index (κ2) is 4.73. The van der Waals surface area contributed by atoms with E-state index in [-0.39, 0.29) is 6.04 Å². The van der Waals surface area contributed by atoms with Crippen LogP contribution in [-0.2, 0) is 18.0 Å². The Hall–Kier alpha value is -1.35. The Morgan fingerprint density at radius 1 is 1.06 bits per heavy atom. The molecule has 2 aromatic rings. The van der Waals surface area contributed by atoms with E-state index >= 15 is 0 Å². The van der Waals surface area contributed by atoms with Gasteiger partial charge in [0.1, 0.15) is 0 Å². The maximum absolute atomic E-state index is 6.29. The molecule has 18 heavy (non-hydrogen) atoms. The van der Waals surface area contributed by atoms with Crippen molar-refractivity contribution in [2.24, 2.45) is 5.73 Å². The summed E-state index contributed by atoms with van der Waals surface area (Å²) in [6.45, 7) is 1.38. The van der Waals surface area contributed by atoms with Crippen LogP contribution in [-0.4, -0.2) is 0 Å². The fraction of sp³-hybridized carbons (Fsp3) is 0.200. The summed E-state index contributed by atoms with van der Waals surface area (Å²) in [5.41, 5.74) is 10.8. The topological polar surface area (TPSA) is 35.2 Å². The SMILES string of the molecule is NC(c1ccc2c(c1)COC2)c1ccccc1Cl. The van der Waals surface area contributed by atoms with Gasteiger partial charge in [-0.15, -0.1) is 0 Å². The third-order valence-electron chi connectivity index (χ3n) is 3.34. The summed E-state index contributed by atoms with van der Waals surface area (Å²) in [6.07, 6.45) is 0. The quantitative estimate of drug-likeness (QED) is 0.897. The van der Waals surface area contributed by atoms with Crippen LogP contribution < -0.4 is 5.73 Å². The summed E-state index contributed by atoms with van der Waals surface area (Å²) in [5, 5.41) is 0.710. The van der Waals surface area contributed by atoms with Crippen LogP contribution >= 0.6 is 11.6 Å². The van der Waals surface area contributed by atoms with Gasteiger partial charge in [-0.05, 0) is 28.3 Å². The maximum Gasteiger partial charge on any atom is 0.0725 e. The van der Waals surface area contributed by atoms with Gasteiger partial charge in [-0.3, -0.25) is 0 Å². The van der Waals surface area contributed by atoms with Gasteiger partial charge in [0.15, 0.2) is 0 Å². The first-order valence-corrected chi connectivity index (χ1v) is 6.33. The normalized spacial score (nSPS) is 15.4. The van der Waals surface area contributed by atoms with Crippen molar-refractivity contribution >= 4 is 11.6 Å². The summed E-state index contributed by atoms with van der Waals surface area (Å²) in [5.74, 6) is 0. The number of nitrogens with two attached hydrogens (primary N) is 1. The molecule has 1 atom stereocenters. The first kappa shape index (κ1) is 11.7. The zero-order valence-corrected chi connectivity index (χ0v) is 10.7. The van der Waals surface area contributed by atoms with Crippen LogP contribution in [0.15, 0.2) is 42.5 Å². The molecule has 2 nitrogen and oxygen atoms in total. The third-order valence-corrected chi connectivity index (χ3v) is 3.69. The van der Waals surface area contributed by atoms with Crippen LogP contribution in [0.1, 0.15) is 28.3 Å². The molecule has 2 aromatic carbocycles. The largest absolute Gasteiger partial charge is 0.372 e. The molecule has 1 aliphatic rings. The van der Waals surface area contributed by atoms with E-state index in [1.54, 1.807) is 0 Å². The van der Waals surface area contributed by atoms with E-state index in [2.05, 4.69) is 18.2 Å². The van der Waals surface area contributed by atoms with Gasteiger partial charge in [-0.2, -0.15) is 0 Å². The molecule has 92 valence electrons. The van der Waals surface area contributed by atoms with E-state index in [4.69, 9.17) is 22.1 Å². The zero-order chi connectivity index (χ0) is 12.5. The predicted octanol–water partition coefficient (Wildman–Crippen LogP) is 3.42. The van der Waals surface area contributed by atoms with Gasteiger partial charge in [0.25, 0.3) is 0 Å². The minimum atomic E-state index is -0.190. The molecule has 0 saturated heterocycles. The van der Waals surface area contributed by atoms with E-state index in [9.17, 15) is 0 Å². The molecule has 0 bridgehead atoms.